The molecule has 2 aromatic carbocycles. The van der Waals surface area contributed by atoms with E-state index in [-0.39, 0.29) is 0 Å². The highest BCUT2D eigenvalue weighted by molar-refractivity contribution is 6.42. The molecule has 0 amide bonds. The van der Waals surface area contributed by atoms with Gasteiger partial charge in [0.2, 0.25) is 0 Å². The second-order valence-corrected chi connectivity index (χ2v) is 5.52. The lowest BCUT2D eigenvalue weighted by molar-refractivity contribution is 0.753. The number of fused-ring (bicyclic) bond motifs is 1. The smallest absolute Gasteiger partial charge is 0.109 e. The maximum Gasteiger partial charge on any atom is 0.109 e. The summed E-state index contributed by atoms with van der Waals surface area (Å²) in [7, 11) is 0. The first kappa shape index (κ1) is 13.5. The predicted molar refractivity (Wildman–Crippen MR) is 84.7 cm³/mol. The molecule has 0 saturated carbocycles. The summed E-state index contributed by atoms with van der Waals surface area (Å²) < 4.78 is 2.23. The summed E-state index contributed by atoms with van der Waals surface area (Å²) in [5.74, 6) is 1.08. The minimum atomic E-state index is 0.585. The van der Waals surface area contributed by atoms with Gasteiger partial charge in [0.1, 0.15) is 5.82 Å². The molecule has 0 aliphatic rings. The van der Waals surface area contributed by atoms with E-state index in [4.69, 9.17) is 23.2 Å². The number of imidazole rings is 1. The van der Waals surface area contributed by atoms with Crippen molar-refractivity contribution in [2.75, 3.05) is 0 Å². The summed E-state index contributed by atoms with van der Waals surface area (Å²) in [4.78, 5) is 4.67. The number of aromatic nitrogens is 2. The van der Waals surface area contributed by atoms with Gasteiger partial charge in [0, 0.05) is 13.0 Å². The summed E-state index contributed by atoms with van der Waals surface area (Å²) in [5, 5.41) is 1.17. The Morgan fingerprint density at radius 2 is 1.85 bits per heavy atom. The molecule has 3 rings (SSSR count). The lowest BCUT2D eigenvalue weighted by atomic mass is 10.2. The van der Waals surface area contributed by atoms with E-state index in [0.717, 1.165) is 35.4 Å². The van der Waals surface area contributed by atoms with Crippen molar-refractivity contribution in [1.29, 1.82) is 0 Å². The van der Waals surface area contributed by atoms with Gasteiger partial charge in [0.25, 0.3) is 0 Å². The molecule has 0 spiro atoms. The topological polar surface area (TPSA) is 17.8 Å². The molecule has 102 valence electrons. The van der Waals surface area contributed by atoms with Crippen molar-refractivity contribution in [3.05, 3.63) is 63.9 Å². The van der Waals surface area contributed by atoms with Gasteiger partial charge in [-0.05, 0) is 29.8 Å². The third kappa shape index (κ3) is 2.41. The molecule has 0 aliphatic heterocycles. The van der Waals surface area contributed by atoms with Crippen molar-refractivity contribution >= 4 is 34.2 Å². The van der Waals surface area contributed by atoms with Gasteiger partial charge in [-0.25, -0.2) is 4.98 Å². The number of hydrogen-bond donors (Lipinski definition) is 0. The maximum atomic E-state index is 6.09. The minimum Gasteiger partial charge on any atom is -0.323 e. The number of halogens is 2. The Morgan fingerprint density at radius 3 is 2.60 bits per heavy atom. The molecule has 0 bridgehead atoms. The Kier molecular flexibility index (Phi) is 3.68. The fraction of sp³-hybridized carbons (Fsp3) is 0.188. The van der Waals surface area contributed by atoms with Crippen LogP contribution < -0.4 is 0 Å². The first-order chi connectivity index (χ1) is 9.69. The van der Waals surface area contributed by atoms with Gasteiger partial charge in [-0.1, -0.05) is 48.3 Å². The normalized spacial score (nSPS) is 11.2. The molecular formula is C16H14Cl2N2. The SMILES string of the molecule is CCc1nc2ccccc2n1Cc1ccc(Cl)c(Cl)c1. The lowest BCUT2D eigenvalue weighted by Crippen LogP contribution is -2.04. The van der Waals surface area contributed by atoms with E-state index in [1.54, 1.807) is 0 Å². The van der Waals surface area contributed by atoms with Crippen LogP contribution in [0.3, 0.4) is 0 Å². The molecule has 4 heteroatoms. The van der Waals surface area contributed by atoms with Crippen LogP contribution in [0.5, 0.6) is 0 Å². The molecule has 2 nitrogen and oxygen atoms in total. The standard InChI is InChI=1S/C16H14Cl2N2/c1-2-16-19-14-5-3-4-6-15(14)20(16)10-11-7-8-12(17)13(18)9-11/h3-9H,2,10H2,1H3. The average molecular weight is 305 g/mol. The molecule has 0 N–H and O–H groups in total. The van der Waals surface area contributed by atoms with Crippen molar-refractivity contribution in [2.24, 2.45) is 0 Å². The summed E-state index contributed by atoms with van der Waals surface area (Å²) in [6, 6.07) is 13.9. The van der Waals surface area contributed by atoms with Crippen molar-refractivity contribution in [2.45, 2.75) is 19.9 Å². The molecule has 20 heavy (non-hydrogen) atoms. The minimum absolute atomic E-state index is 0.585. The van der Waals surface area contributed by atoms with Crippen LogP contribution in [0.2, 0.25) is 10.0 Å². The number of hydrogen-bond acceptors (Lipinski definition) is 1. The highest BCUT2D eigenvalue weighted by atomic mass is 35.5. The molecule has 1 heterocycles. The quantitative estimate of drug-likeness (QED) is 0.669. The molecular weight excluding hydrogens is 291 g/mol. The summed E-state index contributed by atoms with van der Waals surface area (Å²) in [6.07, 6.45) is 0.899. The van der Waals surface area contributed by atoms with Gasteiger partial charge in [-0.15, -0.1) is 0 Å². The second kappa shape index (κ2) is 5.47. The van der Waals surface area contributed by atoms with Gasteiger partial charge < -0.3 is 4.57 Å². The van der Waals surface area contributed by atoms with E-state index < -0.39 is 0 Å². The zero-order valence-electron chi connectivity index (χ0n) is 11.1. The van der Waals surface area contributed by atoms with Gasteiger partial charge >= 0.3 is 0 Å². The van der Waals surface area contributed by atoms with E-state index in [9.17, 15) is 0 Å². The molecule has 0 fully saturated rings. The van der Waals surface area contributed by atoms with Crippen LogP contribution in [-0.4, -0.2) is 9.55 Å². The Bertz CT molecular complexity index is 762. The molecule has 0 saturated heterocycles. The highest BCUT2D eigenvalue weighted by Gasteiger charge is 2.09. The molecule has 0 unspecified atom stereocenters. The van der Waals surface area contributed by atoms with Crippen LogP contribution in [0.4, 0.5) is 0 Å². The predicted octanol–water partition coefficient (Wildman–Crippen LogP) is 4.95. The first-order valence-corrected chi connectivity index (χ1v) is 7.32. The summed E-state index contributed by atoms with van der Waals surface area (Å²) >= 11 is 12.1. The van der Waals surface area contributed by atoms with Crippen molar-refractivity contribution in [3.8, 4) is 0 Å². The average Bonchev–Trinajstić information content (AvgIpc) is 2.81. The number of aryl methyl sites for hydroxylation is 1. The van der Waals surface area contributed by atoms with Crippen LogP contribution in [0.25, 0.3) is 11.0 Å². The number of rotatable bonds is 3. The Balaban J connectivity index is 2.07. The van der Waals surface area contributed by atoms with Gasteiger partial charge in [0.05, 0.1) is 21.1 Å². The van der Waals surface area contributed by atoms with Crippen LogP contribution in [0, 0.1) is 0 Å². The van der Waals surface area contributed by atoms with E-state index in [1.165, 1.54) is 0 Å². The summed E-state index contributed by atoms with van der Waals surface area (Å²) in [5.41, 5.74) is 3.30. The van der Waals surface area contributed by atoms with Crippen molar-refractivity contribution < 1.29 is 0 Å². The third-order valence-corrected chi connectivity index (χ3v) is 4.11. The molecule has 0 radical (unpaired) electrons. The van der Waals surface area contributed by atoms with Gasteiger partial charge in [-0.2, -0.15) is 0 Å². The maximum absolute atomic E-state index is 6.09. The monoisotopic (exact) mass is 304 g/mol. The highest BCUT2D eigenvalue weighted by Crippen LogP contribution is 2.24. The zero-order valence-corrected chi connectivity index (χ0v) is 12.6. The van der Waals surface area contributed by atoms with Crippen molar-refractivity contribution in [3.63, 3.8) is 0 Å². The Hall–Kier alpha value is -1.51. The zero-order chi connectivity index (χ0) is 14.1. The van der Waals surface area contributed by atoms with Crippen LogP contribution in [-0.2, 0) is 13.0 Å². The van der Waals surface area contributed by atoms with Gasteiger partial charge in [-0.3, -0.25) is 0 Å². The fourth-order valence-corrected chi connectivity index (χ4v) is 2.71. The third-order valence-electron chi connectivity index (χ3n) is 3.37. The lowest BCUT2D eigenvalue weighted by Gasteiger charge is -2.09. The molecule has 0 aliphatic carbocycles. The summed E-state index contributed by atoms with van der Waals surface area (Å²) in [6.45, 7) is 2.87. The fourth-order valence-electron chi connectivity index (χ4n) is 2.39. The number of benzene rings is 2. The van der Waals surface area contributed by atoms with Crippen LogP contribution in [0.15, 0.2) is 42.5 Å². The van der Waals surface area contributed by atoms with Crippen molar-refractivity contribution in [1.82, 2.24) is 9.55 Å². The van der Waals surface area contributed by atoms with Crippen LogP contribution in [0.1, 0.15) is 18.3 Å². The molecule has 1 aromatic heterocycles. The van der Waals surface area contributed by atoms with E-state index in [0.29, 0.717) is 10.0 Å². The van der Waals surface area contributed by atoms with E-state index in [1.807, 2.05) is 36.4 Å². The number of nitrogens with zero attached hydrogens (tertiary/aromatic N) is 2. The largest absolute Gasteiger partial charge is 0.323 e. The van der Waals surface area contributed by atoms with Gasteiger partial charge in [0.15, 0.2) is 0 Å². The number of para-hydroxylation sites is 2. The molecule has 0 atom stereocenters. The van der Waals surface area contributed by atoms with E-state index in [2.05, 4.69) is 22.5 Å². The van der Waals surface area contributed by atoms with E-state index >= 15 is 0 Å². The molecule has 3 aromatic rings. The Labute approximate surface area is 128 Å². The second-order valence-electron chi connectivity index (χ2n) is 4.70. The van der Waals surface area contributed by atoms with Crippen LogP contribution >= 0.6 is 23.2 Å². The first-order valence-electron chi connectivity index (χ1n) is 6.57. The Morgan fingerprint density at radius 1 is 1.05 bits per heavy atom.